The first-order chi connectivity index (χ1) is 22.3. The molecule has 5 nitrogen and oxygen atoms in total. The molecule has 45 heavy (non-hydrogen) atoms. The Bertz CT molecular complexity index is 2750. The fraction of sp³-hybridized carbons (Fsp3) is 0. The van der Waals surface area contributed by atoms with E-state index >= 15 is 0 Å². The first-order valence-electron chi connectivity index (χ1n) is 14.9. The third-order valence-corrected chi connectivity index (χ3v) is 10.1. The van der Waals surface area contributed by atoms with Crippen LogP contribution in [0.5, 0.6) is 0 Å². The van der Waals surface area contributed by atoms with Crippen LogP contribution in [0.25, 0.3) is 86.5 Å². The molecule has 0 amide bonds. The van der Waals surface area contributed by atoms with Gasteiger partial charge in [0.15, 0.2) is 0 Å². The number of hydrogen-bond donors (Lipinski definition) is 0. The minimum atomic E-state index is 0.609. The number of benzene rings is 6. The highest BCUT2D eigenvalue weighted by molar-refractivity contribution is 7.25. The maximum atomic E-state index is 4.53. The van der Waals surface area contributed by atoms with E-state index in [0.29, 0.717) is 5.95 Å². The van der Waals surface area contributed by atoms with E-state index in [9.17, 15) is 0 Å². The summed E-state index contributed by atoms with van der Waals surface area (Å²) in [6, 6.07) is 46.1. The van der Waals surface area contributed by atoms with Crippen molar-refractivity contribution in [1.29, 1.82) is 0 Å². The average molecular weight is 594 g/mol. The lowest BCUT2D eigenvalue weighted by Crippen LogP contribution is -2.00. The fourth-order valence-electron chi connectivity index (χ4n) is 7.05. The van der Waals surface area contributed by atoms with Gasteiger partial charge >= 0.3 is 0 Å². The summed E-state index contributed by atoms with van der Waals surface area (Å²) in [4.78, 5) is 13.1. The molecule has 0 atom stereocenters. The molecule has 0 N–H and O–H groups in total. The number of para-hydroxylation sites is 2. The van der Waals surface area contributed by atoms with E-state index in [1.165, 1.54) is 58.5 Å². The van der Waals surface area contributed by atoms with Crippen molar-refractivity contribution >= 4 is 75.1 Å². The van der Waals surface area contributed by atoms with E-state index in [-0.39, 0.29) is 0 Å². The second-order valence-corrected chi connectivity index (χ2v) is 12.4. The van der Waals surface area contributed by atoms with Gasteiger partial charge in [-0.3, -0.25) is 4.57 Å². The van der Waals surface area contributed by atoms with Crippen molar-refractivity contribution in [2.45, 2.75) is 0 Å². The van der Waals surface area contributed by atoms with Gasteiger partial charge < -0.3 is 4.57 Å². The molecule has 10 rings (SSSR count). The number of hydrogen-bond acceptors (Lipinski definition) is 4. The molecule has 210 valence electrons. The average Bonchev–Trinajstić information content (AvgIpc) is 3.76. The van der Waals surface area contributed by atoms with Crippen LogP contribution in [0.4, 0.5) is 0 Å². The van der Waals surface area contributed by atoms with Crippen molar-refractivity contribution in [2.24, 2.45) is 0 Å². The molecule has 4 heterocycles. The Morgan fingerprint density at radius 1 is 0.467 bits per heavy atom. The summed E-state index contributed by atoms with van der Waals surface area (Å²) >= 11 is 1.85. The molecule has 0 radical (unpaired) electrons. The first kappa shape index (κ1) is 24.6. The summed E-state index contributed by atoms with van der Waals surface area (Å²) in [6.07, 6.45) is 3.11. The zero-order valence-corrected chi connectivity index (χ0v) is 24.7. The molecule has 0 spiro atoms. The lowest BCUT2D eigenvalue weighted by molar-refractivity contribution is 0.940. The van der Waals surface area contributed by atoms with Gasteiger partial charge in [-0.05, 0) is 59.7 Å². The van der Waals surface area contributed by atoms with Crippen LogP contribution in [-0.2, 0) is 0 Å². The largest absolute Gasteiger partial charge is 0.309 e. The molecule has 0 bridgehead atoms. The lowest BCUT2D eigenvalue weighted by atomic mass is 10.0. The van der Waals surface area contributed by atoms with E-state index in [1.54, 1.807) is 12.7 Å². The van der Waals surface area contributed by atoms with E-state index < -0.39 is 0 Å². The molecule has 0 aliphatic carbocycles. The molecule has 6 heteroatoms. The molecule has 0 saturated heterocycles. The van der Waals surface area contributed by atoms with Crippen LogP contribution >= 0.6 is 11.3 Å². The highest BCUT2D eigenvalue weighted by atomic mass is 32.1. The third kappa shape index (κ3) is 3.51. The summed E-state index contributed by atoms with van der Waals surface area (Å²) in [5.74, 6) is 0.609. The smallest absolute Gasteiger partial charge is 0.237 e. The molecule has 10 aromatic rings. The van der Waals surface area contributed by atoms with Crippen molar-refractivity contribution in [3.05, 3.63) is 140 Å². The maximum absolute atomic E-state index is 4.53. The van der Waals surface area contributed by atoms with Crippen LogP contribution in [0, 0.1) is 0 Å². The standard InChI is InChI=1S/C39H23N5S/c1-4-10-32-27(7-1)29-18-19-34-37(30-9-2-5-11-33(30)44(34)39-41-22-40-23-42-39)38(29)43(32)26-16-13-24(14-17-26)25-15-20-36-31(21-25)28-8-3-6-12-35(28)45-36/h1-23H. The van der Waals surface area contributed by atoms with Crippen LogP contribution in [0.1, 0.15) is 0 Å². The van der Waals surface area contributed by atoms with Gasteiger partial charge in [0.05, 0.1) is 22.1 Å². The van der Waals surface area contributed by atoms with Crippen molar-refractivity contribution < 1.29 is 0 Å². The number of rotatable bonds is 3. The van der Waals surface area contributed by atoms with Gasteiger partial charge in [-0.25, -0.2) is 15.0 Å². The van der Waals surface area contributed by atoms with Crippen LogP contribution in [0.15, 0.2) is 140 Å². The highest BCUT2D eigenvalue weighted by Crippen LogP contribution is 2.42. The number of thiophene rings is 1. The van der Waals surface area contributed by atoms with Crippen molar-refractivity contribution in [3.8, 4) is 22.8 Å². The van der Waals surface area contributed by atoms with Gasteiger partial charge in [-0.15, -0.1) is 11.3 Å². The lowest BCUT2D eigenvalue weighted by Gasteiger charge is -2.11. The second kappa shape index (κ2) is 9.32. The van der Waals surface area contributed by atoms with E-state index in [1.807, 2.05) is 11.3 Å². The first-order valence-corrected chi connectivity index (χ1v) is 15.7. The van der Waals surface area contributed by atoms with Gasteiger partial charge in [0.25, 0.3) is 0 Å². The van der Waals surface area contributed by atoms with Crippen LogP contribution in [-0.4, -0.2) is 24.1 Å². The maximum Gasteiger partial charge on any atom is 0.237 e. The van der Waals surface area contributed by atoms with Gasteiger partial charge in [-0.1, -0.05) is 78.9 Å². The number of aromatic nitrogens is 5. The van der Waals surface area contributed by atoms with Crippen LogP contribution in [0.3, 0.4) is 0 Å². The summed E-state index contributed by atoms with van der Waals surface area (Å²) in [5, 5.41) is 7.42. The van der Waals surface area contributed by atoms with Crippen molar-refractivity contribution in [3.63, 3.8) is 0 Å². The topological polar surface area (TPSA) is 48.5 Å². The minimum Gasteiger partial charge on any atom is -0.309 e. The monoisotopic (exact) mass is 593 g/mol. The molecule has 0 aliphatic rings. The van der Waals surface area contributed by atoms with Crippen molar-refractivity contribution in [1.82, 2.24) is 24.1 Å². The van der Waals surface area contributed by atoms with E-state index in [0.717, 1.165) is 22.1 Å². The zero-order chi connectivity index (χ0) is 29.5. The molecule has 4 aromatic heterocycles. The molecule has 0 aliphatic heterocycles. The number of nitrogens with zero attached hydrogens (tertiary/aromatic N) is 5. The summed E-state index contributed by atoms with van der Waals surface area (Å²) in [5.41, 5.74) is 8.03. The van der Waals surface area contributed by atoms with Gasteiger partial charge in [0.1, 0.15) is 12.7 Å². The number of fused-ring (bicyclic) bond motifs is 10. The zero-order valence-electron chi connectivity index (χ0n) is 23.9. The highest BCUT2D eigenvalue weighted by Gasteiger charge is 2.21. The summed E-state index contributed by atoms with van der Waals surface area (Å²) in [7, 11) is 0. The Hall–Kier alpha value is -5.85. The van der Waals surface area contributed by atoms with E-state index in [4.69, 9.17) is 0 Å². The minimum absolute atomic E-state index is 0.609. The quantitative estimate of drug-likeness (QED) is 0.205. The van der Waals surface area contributed by atoms with Gasteiger partial charge in [0.2, 0.25) is 5.95 Å². The van der Waals surface area contributed by atoms with E-state index in [2.05, 4.69) is 151 Å². The molecule has 6 aromatic carbocycles. The molecular formula is C39H23N5S. The Kier molecular flexibility index (Phi) is 5.09. The van der Waals surface area contributed by atoms with Crippen LogP contribution in [0.2, 0.25) is 0 Å². The van der Waals surface area contributed by atoms with Crippen LogP contribution < -0.4 is 0 Å². The van der Waals surface area contributed by atoms with Crippen molar-refractivity contribution in [2.75, 3.05) is 0 Å². The Balaban J connectivity index is 1.23. The van der Waals surface area contributed by atoms with Gasteiger partial charge in [-0.2, -0.15) is 0 Å². The normalized spacial score (nSPS) is 12.0. The fourth-order valence-corrected chi connectivity index (χ4v) is 8.14. The predicted octanol–water partition coefficient (Wildman–Crippen LogP) is 10.1. The molecule has 0 fully saturated rings. The Labute approximate surface area is 261 Å². The SMILES string of the molecule is c1ccc2c(c1)sc1ccc(-c3ccc(-n4c5ccccc5c5ccc6c(c7ccccc7n6-c6ncncn6)c54)cc3)cc12. The Morgan fingerprint density at radius 2 is 1.13 bits per heavy atom. The molecular weight excluding hydrogens is 571 g/mol. The summed E-state index contributed by atoms with van der Waals surface area (Å²) in [6.45, 7) is 0. The molecule has 0 unspecified atom stereocenters. The Morgan fingerprint density at radius 3 is 1.96 bits per heavy atom. The summed E-state index contributed by atoms with van der Waals surface area (Å²) < 4.78 is 7.20. The third-order valence-electron chi connectivity index (χ3n) is 8.99. The molecule has 0 saturated carbocycles. The second-order valence-electron chi connectivity index (χ2n) is 11.4. The van der Waals surface area contributed by atoms with Gasteiger partial charge in [0, 0.05) is 47.4 Å². The predicted molar refractivity (Wildman–Crippen MR) is 187 cm³/mol.